The van der Waals surface area contributed by atoms with E-state index in [4.69, 9.17) is 4.74 Å². The SMILES string of the molecule is COc1cn(-c2ccccc2)nc1C(=O)NC(C)c1ccc(-n2cncn2)cc1. The number of methoxy groups -OCH3 is 1. The summed E-state index contributed by atoms with van der Waals surface area (Å²) in [5, 5.41) is 11.5. The molecule has 4 aromatic rings. The van der Waals surface area contributed by atoms with Gasteiger partial charge in [-0.25, -0.2) is 14.3 Å². The molecular formula is C21H20N6O2. The molecule has 29 heavy (non-hydrogen) atoms. The van der Waals surface area contributed by atoms with Gasteiger partial charge in [-0.05, 0) is 36.8 Å². The molecule has 0 bridgehead atoms. The zero-order chi connectivity index (χ0) is 20.2. The largest absolute Gasteiger partial charge is 0.493 e. The minimum atomic E-state index is -0.301. The molecule has 1 amide bonds. The van der Waals surface area contributed by atoms with Gasteiger partial charge in [-0.15, -0.1) is 0 Å². The van der Waals surface area contributed by atoms with Crippen molar-refractivity contribution in [2.75, 3.05) is 7.11 Å². The third kappa shape index (κ3) is 3.86. The average Bonchev–Trinajstić information content (AvgIpc) is 3.44. The van der Waals surface area contributed by atoms with Crippen molar-refractivity contribution in [1.82, 2.24) is 29.9 Å². The molecule has 146 valence electrons. The summed E-state index contributed by atoms with van der Waals surface area (Å²) >= 11 is 0. The van der Waals surface area contributed by atoms with Crippen molar-refractivity contribution in [3.05, 3.63) is 84.7 Å². The van der Waals surface area contributed by atoms with Crippen molar-refractivity contribution >= 4 is 5.91 Å². The van der Waals surface area contributed by atoms with Crippen molar-refractivity contribution < 1.29 is 9.53 Å². The summed E-state index contributed by atoms with van der Waals surface area (Å²) in [6, 6.07) is 17.1. The Hall–Kier alpha value is -3.94. The molecule has 0 aliphatic heterocycles. The monoisotopic (exact) mass is 388 g/mol. The molecule has 4 rings (SSSR count). The fraction of sp³-hybridized carbons (Fsp3) is 0.143. The Labute approximate surface area is 167 Å². The summed E-state index contributed by atoms with van der Waals surface area (Å²) in [6.45, 7) is 1.92. The van der Waals surface area contributed by atoms with Crippen LogP contribution in [-0.2, 0) is 0 Å². The molecule has 2 heterocycles. The first-order valence-corrected chi connectivity index (χ1v) is 9.10. The quantitative estimate of drug-likeness (QED) is 0.549. The van der Waals surface area contributed by atoms with E-state index in [1.807, 2.05) is 61.5 Å². The molecule has 0 aliphatic carbocycles. The molecule has 0 radical (unpaired) electrons. The van der Waals surface area contributed by atoms with E-state index in [2.05, 4.69) is 20.5 Å². The number of aromatic nitrogens is 5. The summed E-state index contributed by atoms with van der Waals surface area (Å²) in [5.41, 5.74) is 2.95. The maximum absolute atomic E-state index is 12.8. The van der Waals surface area contributed by atoms with Gasteiger partial charge in [-0.3, -0.25) is 4.79 Å². The van der Waals surface area contributed by atoms with E-state index in [-0.39, 0.29) is 17.6 Å². The van der Waals surface area contributed by atoms with Gasteiger partial charge in [-0.1, -0.05) is 30.3 Å². The Balaban J connectivity index is 1.51. The normalized spacial score (nSPS) is 11.8. The minimum Gasteiger partial charge on any atom is -0.493 e. The van der Waals surface area contributed by atoms with E-state index in [1.54, 1.807) is 21.9 Å². The maximum Gasteiger partial charge on any atom is 0.276 e. The smallest absolute Gasteiger partial charge is 0.276 e. The van der Waals surface area contributed by atoms with Gasteiger partial charge in [0.2, 0.25) is 0 Å². The lowest BCUT2D eigenvalue weighted by Gasteiger charge is -2.14. The van der Waals surface area contributed by atoms with Crippen LogP contribution in [0.5, 0.6) is 5.75 Å². The van der Waals surface area contributed by atoms with Gasteiger partial charge in [0, 0.05) is 0 Å². The second-order valence-corrected chi connectivity index (χ2v) is 6.45. The molecule has 2 aromatic heterocycles. The molecular weight excluding hydrogens is 368 g/mol. The van der Waals surface area contributed by atoms with E-state index in [9.17, 15) is 4.79 Å². The molecule has 1 unspecified atom stereocenters. The van der Waals surface area contributed by atoms with Gasteiger partial charge in [-0.2, -0.15) is 10.2 Å². The average molecular weight is 388 g/mol. The van der Waals surface area contributed by atoms with Gasteiger partial charge in [0.25, 0.3) is 5.91 Å². The predicted molar refractivity (Wildman–Crippen MR) is 107 cm³/mol. The second kappa shape index (κ2) is 7.97. The standard InChI is InChI=1S/C21H20N6O2/c1-15(16-8-10-18(11-9-16)27-14-22-13-23-27)24-21(28)20-19(29-2)12-26(25-20)17-6-4-3-5-7-17/h3-15H,1-2H3,(H,24,28). The molecule has 0 aliphatic rings. The van der Waals surface area contributed by atoms with Crippen molar-refractivity contribution in [1.29, 1.82) is 0 Å². The molecule has 0 fully saturated rings. The molecule has 8 nitrogen and oxygen atoms in total. The molecule has 0 saturated heterocycles. The van der Waals surface area contributed by atoms with Gasteiger partial charge in [0.05, 0.1) is 30.7 Å². The number of carbonyl (C=O) groups is 1. The van der Waals surface area contributed by atoms with Crippen LogP contribution in [0.2, 0.25) is 0 Å². The van der Waals surface area contributed by atoms with Crippen LogP contribution in [0.25, 0.3) is 11.4 Å². The number of hydrogen-bond donors (Lipinski definition) is 1. The molecule has 1 atom stereocenters. The van der Waals surface area contributed by atoms with Crippen molar-refractivity contribution in [3.63, 3.8) is 0 Å². The van der Waals surface area contributed by atoms with Crippen LogP contribution in [-0.4, -0.2) is 37.6 Å². The number of benzene rings is 2. The van der Waals surface area contributed by atoms with Crippen LogP contribution < -0.4 is 10.1 Å². The fourth-order valence-corrected chi connectivity index (χ4v) is 2.98. The highest BCUT2D eigenvalue weighted by atomic mass is 16.5. The Bertz CT molecular complexity index is 1090. The maximum atomic E-state index is 12.8. The van der Waals surface area contributed by atoms with Gasteiger partial charge >= 0.3 is 0 Å². The van der Waals surface area contributed by atoms with E-state index in [0.717, 1.165) is 16.9 Å². The third-order valence-electron chi connectivity index (χ3n) is 4.56. The summed E-state index contributed by atoms with van der Waals surface area (Å²) in [4.78, 5) is 16.8. The highest BCUT2D eigenvalue weighted by Gasteiger charge is 2.20. The summed E-state index contributed by atoms with van der Waals surface area (Å²) in [5.74, 6) is 0.115. The molecule has 2 aromatic carbocycles. The van der Waals surface area contributed by atoms with Crippen molar-refractivity contribution in [2.45, 2.75) is 13.0 Å². The van der Waals surface area contributed by atoms with Crippen LogP contribution in [0, 0.1) is 0 Å². The Morgan fingerprint density at radius 1 is 1.03 bits per heavy atom. The Morgan fingerprint density at radius 3 is 2.41 bits per heavy atom. The lowest BCUT2D eigenvalue weighted by atomic mass is 10.1. The van der Waals surface area contributed by atoms with E-state index >= 15 is 0 Å². The number of nitrogens with zero attached hydrogens (tertiary/aromatic N) is 5. The molecule has 8 heteroatoms. The van der Waals surface area contributed by atoms with Gasteiger partial charge < -0.3 is 10.1 Å². The number of para-hydroxylation sites is 1. The Kier molecular flexibility index (Phi) is 5.07. The second-order valence-electron chi connectivity index (χ2n) is 6.45. The number of carbonyl (C=O) groups excluding carboxylic acids is 1. The van der Waals surface area contributed by atoms with Crippen LogP contribution in [0.4, 0.5) is 0 Å². The topological polar surface area (TPSA) is 86.9 Å². The zero-order valence-electron chi connectivity index (χ0n) is 16.1. The lowest BCUT2D eigenvalue weighted by Crippen LogP contribution is -2.27. The number of ether oxygens (including phenoxy) is 1. The third-order valence-corrected chi connectivity index (χ3v) is 4.56. The van der Waals surface area contributed by atoms with E-state index in [0.29, 0.717) is 5.75 Å². The van der Waals surface area contributed by atoms with Crippen LogP contribution in [0.15, 0.2) is 73.4 Å². The van der Waals surface area contributed by atoms with E-state index in [1.165, 1.54) is 13.4 Å². The number of amides is 1. The number of rotatable bonds is 6. The van der Waals surface area contributed by atoms with Crippen molar-refractivity contribution in [2.24, 2.45) is 0 Å². The number of hydrogen-bond acceptors (Lipinski definition) is 5. The molecule has 0 spiro atoms. The Morgan fingerprint density at radius 2 is 1.76 bits per heavy atom. The predicted octanol–water partition coefficient (Wildman–Crippen LogP) is 2.95. The highest BCUT2D eigenvalue weighted by Crippen LogP contribution is 2.21. The van der Waals surface area contributed by atoms with Gasteiger partial charge in [0.15, 0.2) is 11.4 Å². The summed E-state index contributed by atoms with van der Waals surface area (Å²) < 4.78 is 8.66. The van der Waals surface area contributed by atoms with E-state index < -0.39 is 0 Å². The lowest BCUT2D eigenvalue weighted by molar-refractivity contribution is 0.0931. The first kappa shape index (κ1) is 18.4. The highest BCUT2D eigenvalue weighted by molar-refractivity contribution is 5.95. The fourth-order valence-electron chi connectivity index (χ4n) is 2.98. The van der Waals surface area contributed by atoms with Gasteiger partial charge in [0.1, 0.15) is 12.7 Å². The van der Waals surface area contributed by atoms with Crippen LogP contribution in [0.1, 0.15) is 29.0 Å². The van der Waals surface area contributed by atoms with Crippen LogP contribution >= 0.6 is 0 Å². The first-order chi connectivity index (χ1) is 14.2. The number of nitrogens with one attached hydrogen (secondary N) is 1. The molecule has 0 saturated carbocycles. The summed E-state index contributed by atoms with van der Waals surface area (Å²) in [7, 11) is 1.52. The van der Waals surface area contributed by atoms with Crippen LogP contribution in [0.3, 0.4) is 0 Å². The zero-order valence-corrected chi connectivity index (χ0v) is 16.1. The minimum absolute atomic E-state index is 0.209. The van der Waals surface area contributed by atoms with Crippen molar-refractivity contribution in [3.8, 4) is 17.1 Å². The first-order valence-electron chi connectivity index (χ1n) is 9.10. The summed E-state index contributed by atoms with van der Waals surface area (Å²) in [6.07, 6.45) is 4.82. The molecule has 1 N–H and O–H groups in total.